The van der Waals surface area contributed by atoms with Crippen molar-refractivity contribution in [1.82, 2.24) is 0 Å². The molecule has 1 unspecified atom stereocenters. The van der Waals surface area contributed by atoms with E-state index in [0.29, 0.717) is 11.8 Å². The Morgan fingerprint density at radius 3 is 2.16 bits per heavy atom. The van der Waals surface area contributed by atoms with Crippen molar-refractivity contribution < 1.29 is 4.79 Å². The van der Waals surface area contributed by atoms with E-state index in [1.165, 1.54) is 43.2 Å². The van der Waals surface area contributed by atoms with Gasteiger partial charge in [-0.05, 0) is 35.8 Å². The van der Waals surface area contributed by atoms with Crippen LogP contribution in [0.2, 0.25) is 0 Å². The molecule has 1 fully saturated rings. The molecule has 1 atom stereocenters. The van der Waals surface area contributed by atoms with Gasteiger partial charge in [0.2, 0.25) is 6.08 Å². The molecule has 0 aliphatic heterocycles. The third kappa shape index (κ3) is 3.54. The standard InChI is InChI=1S/C17H23NO/c1-13(2)14-8-10-16(11-9-14)17(18-12-19)15-6-4-3-5-7-15/h8-11,13,15,17H,3-7H2,1-2H3. The largest absolute Gasteiger partial charge is 0.235 e. The summed E-state index contributed by atoms with van der Waals surface area (Å²) in [5.41, 5.74) is 2.50. The monoisotopic (exact) mass is 257 g/mol. The van der Waals surface area contributed by atoms with Crippen molar-refractivity contribution >= 4 is 6.08 Å². The molecule has 102 valence electrons. The topological polar surface area (TPSA) is 29.4 Å². The highest BCUT2D eigenvalue weighted by Crippen LogP contribution is 2.37. The highest BCUT2D eigenvalue weighted by molar-refractivity contribution is 5.36. The van der Waals surface area contributed by atoms with Gasteiger partial charge in [0.15, 0.2) is 0 Å². The van der Waals surface area contributed by atoms with Crippen LogP contribution in [0, 0.1) is 5.92 Å². The average Bonchev–Trinajstić information content (AvgIpc) is 2.46. The van der Waals surface area contributed by atoms with Gasteiger partial charge in [-0.25, -0.2) is 4.79 Å². The number of hydrogen-bond acceptors (Lipinski definition) is 2. The highest BCUT2D eigenvalue weighted by Gasteiger charge is 2.24. The van der Waals surface area contributed by atoms with Gasteiger partial charge in [-0.15, -0.1) is 0 Å². The molecular weight excluding hydrogens is 234 g/mol. The first-order valence-electron chi connectivity index (χ1n) is 7.39. The van der Waals surface area contributed by atoms with Crippen LogP contribution in [0.25, 0.3) is 0 Å². The van der Waals surface area contributed by atoms with Gasteiger partial charge in [0.1, 0.15) is 0 Å². The molecule has 0 spiro atoms. The maximum absolute atomic E-state index is 10.7. The number of carbonyl (C=O) groups excluding carboxylic acids is 1. The van der Waals surface area contributed by atoms with E-state index in [1.54, 1.807) is 6.08 Å². The Bertz CT molecular complexity index is 437. The van der Waals surface area contributed by atoms with E-state index in [1.807, 2.05) is 0 Å². The van der Waals surface area contributed by atoms with E-state index < -0.39 is 0 Å². The summed E-state index contributed by atoms with van der Waals surface area (Å²) in [6.45, 7) is 4.38. The molecule has 1 saturated carbocycles. The van der Waals surface area contributed by atoms with Crippen molar-refractivity contribution in [3.05, 3.63) is 35.4 Å². The quantitative estimate of drug-likeness (QED) is 0.564. The van der Waals surface area contributed by atoms with E-state index in [-0.39, 0.29) is 6.04 Å². The van der Waals surface area contributed by atoms with E-state index in [4.69, 9.17) is 0 Å². The number of rotatable bonds is 4. The number of aliphatic imine (C=N–C) groups is 1. The van der Waals surface area contributed by atoms with Gasteiger partial charge in [0.05, 0.1) is 6.04 Å². The molecule has 2 rings (SSSR count). The third-order valence-electron chi connectivity index (χ3n) is 4.23. The minimum atomic E-state index is 0.0130. The van der Waals surface area contributed by atoms with Crippen LogP contribution in [-0.4, -0.2) is 6.08 Å². The Balaban J connectivity index is 2.20. The van der Waals surface area contributed by atoms with Crippen molar-refractivity contribution in [3.63, 3.8) is 0 Å². The Labute approximate surface area is 115 Å². The van der Waals surface area contributed by atoms with Crippen LogP contribution in [0.4, 0.5) is 0 Å². The molecule has 19 heavy (non-hydrogen) atoms. The van der Waals surface area contributed by atoms with Crippen molar-refractivity contribution in [3.8, 4) is 0 Å². The summed E-state index contributed by atoms with van der Waals surface area (Å²) in [6, 6.07) is 8.61. The SMILES string of the molecule is CC(C)c1ccc(C(N=C=O)C2CCCCC2)cc1. The molecule has 2 nitrogen and oxygen atoms in total. The smallest absolute Gasteiger partial charge is 0.211 e. The zero-order valence-electron chi connectivity index (χ0n) is 11.9. The Kier molecular flexibility index (Phi) is 4.93. The lowest BCUT2D eigenvalue weighted by Gasteiger charge is -2.27. The first-order valence-corrected chi connectivity index (χ1v) is 7.39. The van der Waals surface area contributed by atoms with Crippen LogP contribution in [-0.2, 0) is 4.79 Å². The Hall–Kier alpha value is -1.40. The fourth-order valence-electron chi connectivity index (χ4n) is 3.04. The summed E-state index contributed by atoms with van der Waals surface area (Å²) in [5, 5.41) is 0. The molecule has 1 aliphatic rings. The minimum absolute atomic E-state index is 0.0130. The van der Waals surface area contributed by atoms with Crippen molar-refractivity contribution in [1.29, 1.82) is 0 Å². The lowest BCUT2D eigenvalue weighted by molar-refractivity contribution is 0.309. The summed E-state index contributed by atoms with van der Waals surface area (Å²) < 4.78 is 0. The van der Waals surface area contributed by atoms with Crippen LogP contribution in [0.1, 0.15) is 69.0 Å². The number of hydrogen-bond donors (Lipinski definition) is 0. The molecular formula is C17H23NO. The maximum Gasteiger partial charge on any atom is 0.235 e. The van der Waals surface area contributed by atoms with E-state index in [2.05, 4.69) is 43.1 Å². The molecule has 0 heterocycles. The van der Waals surface area contributed by atoms with Crippen LogP contribution < -0.4 is 0 Å². The van der Waals surface area contributed by atoms with Crippen molar-refractivity contribution in [2.75, 3.05) is 0 Å². The molecule has 0 radical (unpaired) electrons. The van der Waals surface area contributed by atoms with Crippen LogP contribution in [0.15, 0.2) is 29.3 Å². The Morgan fingerprint density at radius 1 is 1.05 bits per heavy atom. The van der Waals surface area contributed by atoms with Gasteiger partial charge in [-0.3, -0.25) is 0 Å². The lowest BCUT2D eigenvalue weighted by Crippen LogP contribution is -2.15. The first kappa shape index (κ1) is 14.0. The number of isocyanates is 1. The maximum atomic E-state index is 10.7. The van der Waals surface area contributed by atoms with E-state index >= 15 is 0 Å². The normalized spacial score (nSPS) is 18.1. The van der Waals surface area contributed by atoms with Crippen molar-refractivity contribution in [2.24, 2.45) is 10.9 Å². The molecule has 0 bridgehead atoms. The molecule has 0 amide bonds. The highest BCUT2D eigenvalue weighted by atomic mass is 16.1. The fourth-order valence-corrected chi connectivity index (χ4v) is 3.04. The molecule has 0 saturated heterocycles. The summed E-state index contributed by atoms with van der Waals surface area (Å²) >= 11 is 0. The number of benzene rings is 1. The van der Waals surface area contributed by atoms with Gasteiger partial charge in [-0.2, -0.15) is 4.99 Å². The molecule has 1 aromatic carbocycles. The van der Waals surface area contributed by atoms with Crippen LogP contribution in [0.5, 0.6) is 0 Å². The van der Waals surface area contributed by atoms with Gasteiger partial charge < -0.3 is 0 Å². The molecule has 1 aliphatic carbocycles. The number of nitrogens with zero attached hydrogens (tertiary/aromatic N) is 1. The van der Waals surface area contributed by atoms with E-state index in [0.717, 1.165) is 0 Å². The second-order valence-corrected chi connectivity index (χ2v) is 5.88. The zero-order chi connectivity index (χ0) is 13.7. The predicted molar refractivity (Wildman–Crippen MR) is 78.0 cm³/mol. The average molecular weight is 257 g/mol. The van der Waals surface area contributed by atoms with Crippen LogP contribution in [0.3, 0.4) is 0 Å². The van der Waals surface area contributed by atoms with Gasteiger partial charge >= 0.3 is 0 Å². The summed E-state index contributed by atoms with van der Waals surface area (Å²) in [6.07, 6.45) is 7.99. The lowest BCUT2D eigenvalue weighted by atomic mass is 9.81. The van der Waals surface area contributed by atoms with E-state index in [9.17, 15) is 4.79 Å². The molecule has 1 aromatic rings. The predicted octanol–water partition coefficient (Wildman–Crippen LogP) is 4.77. The van der Waals surface area contributed by atoms with Gasteiger partial charge in [0, 0.05) is 0 Å². The molecule has 2 heteroatoms. The van der Waals surface area contributed by atoms with Gasteiger partial charge in [-0.1, -0.05) is 57.4 Å². The molecule has 0 aromatic heterocycles. The molecule has 0 N–H and O–H groups in total. The third-order valence-corrected chi connectivity index (χ3v) is 4.23. The zero-order valence-corrected chi connectivity index (χ0v) is 11.9. The summed E-state index contributed by atoms with van der Waals surface area (Å²) in [7, 11) is 0. The second-order valence-electron chi connectivity index (χ2n) is 5.88. The van der Waals surface area contributed by atoms with Crippen molar-refractivity contribution in [2.45, 2.75) is 57.9 Å². The fraction of sp³-hybridized carbons (Fsp3) is 0.588. The van der Waals surface area contributed by atoms with Crippen LogP contribution >= 0.6 is 0 Å². The second kappa shape index (κ2) is 6.68. The van der Waals surface area contributed by atoms with Gasteiger partial charge in [0.25, 0.3) is 0 Å². The summed E-state index contributed by atoms with van der Waals surface area (Å²) in [4.78, 5) is 14.8. The first-order chi connectivity index (χ1) is 9.22. The Morgan fingerprint density at radius 2 is 1.63 bits per heavy atom. The summed E-state index contributed by atoms with van der Waals surface area (Å²) in [5.74, 6) is 1.05. The minimum Gasteiger partial charge on any atom is -0.211 e.